The van der Waals surface area contributed by atoms with Crippen LogP contribution in [0.2, 0.25) is 5.02 Å². The van der Waals surface area contributed by atoms with Crippen molar-refractivity contribution < 1.29 is 4.79 Å². The van der Waals surface area contributed by atoms with Crippen LogP contribution in [0.4, 0.5) is 0 Å². The minimum atomic E-state index is 0.0413. The van der Waals surface area contributed by atoms with E-state index in [1.807, 2.05) is 31.6 Å². The Bertz CT molecular complexity index is 646. The van der Waals surface area contributed by atoms with Gasteiger partial charge in [0, 0.05) is 32.3 Å². The van der Waals surface area contributed by atoms with E-state index in [0.29, 0.717) is 19.5 Å². The van der Waals surface area contributed by atoms with E-state index in [1.165, 1.54) is 0 Å². The molecule has 2 rings (SSSR count). The summed E-state index contributed by atoms with van der Waals surface area (Å²) in [5.41, 5.74) is 2.92. The summed E-state index contributed by atoms with van der Waals surface area (Å²) in [4.78, 5) is 11.8. The largest absolute Gasteiger partial charge is 0.356 e. The van der Waals surface area contributed by atoms with Crippen molar-refractivity contribution in [3.8, 4) is 0 Å². The summed E-state index contributed by atoms with van der Waals surface area (Å²) < 4.78 is 3.67. The van der Waals surface area contributed by atoms with Gasteiger partial charge in [-0.2, -0.15) is 10.2 Å². The van der Waals surface area contributed by atoms with Gasteiger partial charge in [0.1, 0.15) is 0 Å². The summed E-state index contributed by atoms with van der Waals surface area (Å²) in [7, 11) is 0. The molecule has 0 aliphatic carbocycles. The highest BCUT2D eigenvalue weighted by atomic mass is 35.5. The van der Waals surface area contributed by atoms with Crippen LogP contribution in [0.15, 0.2) is 12.4 Å². The number of hydrogen-bond donors (Lipinski definition) is 1. The van der Waals surface area contributed by atoms with Gasteiger partial charge < -0.3 is 5.32 Å². The minimum Gasteiger partial charge on any atom is -0.356 e. The number of hydrogen-bond acceptors (Lipinski definition) is 3. The molecule has 0 radical (unpaired) electrons. The van der Waals surface area contributed by atoms with Gasteiger partial charge in [-0.25, -0.2) is 0 Å². The lowest BCUT2D eigenvalue weighted by molar-refractivity contribution is -0.121. The Morgan fingerprint density at radius 2 is 2.09 bits per heavy atom. The SMILES string of the molecule is Cc1cnn(CCC(=O)NCCCn2nc(C)c(Cl)c2C)c1. The lowest BCUT2D eigenvalue weighted by Gasteiger charge is -2.07. The monoisotopic (exact) mass is 323 g/mol. The Morgan fingerprint density at radius 3 is 2.68 bits per heavy atom. The highest BCUT2D eigenvalue weighted by Gasteiger charge is 2.08. The molecule has 0 atom stereocenters. The van der Waals surface area contributed by atoms with Crippen LogP contribution in [0.5, 0.6) is 0 Å². The highest BCUT2D eigenvalue weighted by molar-refractivity contribution is 6.31. The fourth-order valence-electron chi connectivity index (χ4n) is 2.24. The molecule has 0 aromatic carbocycles. The summed E-state index contributed by atoms with van der Waals surface area (Å²) in [5.74, 6) is 0.0413. The number of nitrogens with one attached hydrogen (secondary N) is 1. The van der Waals surface area contributed by atoms with E-state index >= 15 is 0 Å². The molecule has 2 aromatic heterocycles. The van der Waals surface area contributed by atoms with E-state index in [1.54, 1.807) is 10.9 Å². The van der Waals surface area contributed by atoms with Crippen LogP contribution >= 0.6 is 11.6 Å². The average molecular weight is 324 g/mol. The van der Waals surface area contributed by atoms with Crippen LogP contribution in [-0.2, 0) is 17.9 Å². The molecule has 1 N–H and O–H groups in total. The summed E-state index contributed by atoms with van der Waals surface area (Å²) >= 11 is 6.10. The second-order valence-corrected chi connectivity index (χ2v) is 5.82. The molecule has 0 aliphatic heterocycles. The zero-order chi connectivity index (χ0) is 16.1. The molecule has 0 aliphatic rings. The van der Waals surface area contributed by atoms with Crippen LogP contribution in [0.1, 0.15) is 29.8 Å². The highest BCUT2D eigenvalue weighted by Crippen LogP contribution is 2.18. The maximum absolute atomic E-state index is 11.8. The first-order valence-corrected chi connectivity index (χ1v) is 7.80. The number of rotatable bonds is 7. The molecule has 2 heterocycles. The molecule has 0 bridgehead atoms. The van der Waals surface area contributed by atoms with E-state index in [2.05, 4.69) is 15.5 Å². The maximum Gasteiger partial charge on any atom is 0.221 e. The first kappa shape index (κ1) is 16.5. The van der Waals surface area contributed by atoms with Crippen molar-refractivity contribution in [1.29, 1.82) is 0 Å². The first-order chi connectivity index (χ1) is 10.5. The Labute approximate surface area is 135 Å². The van der Waals surface area contributed by atoms with Gasteiger partial charge in [0.2, 0.25) is 5.91 Å². The summed E-state index contributed by atoms with van der Waals surface area (Å²) in [5, 5.41) is 12.2. The normalized spacial score (nSPS) is 10.9. The Morgan fingerprint density at radius 1 is 1.32 bits per heavy atom. The van der Waals surface area contributed by atoms with Gasteiger partial charge >= 0.3 is 0 Å². The second-order valence-electron chi connectivity index (χ2n) is 5.44. The van der Waals surface area contributed by atoms with Crippen LogP contribution in [0, 0.1) is 20.8 Å². The third-order valence-corrected chi connectivity index (χ3v) is 4.04. The second kappa shape index (κ2) is 7.45. The molecule has 0 saturated heterocycles. The third kappa shape index (κ3) is 4.34. The fourth-order valence-corrected chi connectivity index (χ4v) is 2.38. The number of carbonyl (C=O) groups excluding carboxylic acids is 1. The van der Waals surface area contributed by atoms with Gasteiger partial charge in [-0.05, 0) is 32.8 Å². The Kier molecular flexibility index (Phi) is 5.60. The molecule has 0 fully saturated rings. The van der Waals surface area contributed by atoms with Gasteiger partial charge in [-0.3, -0.25) is 14.2 Å². The topological polar surface area (TPSA) is 64.7 Å². The molecule has 120 valence electrons. The van der Waals surface area contributed by atoms with Crippen molar-refractivity contribution >= 4 is 17.5 Å². The van der Waals surface area contributed by atoms with Gasteiger partial charge in [0.25, 0.3) is 0 Å². The van der Waals surface area contributed by atoms with Crippen molar-refractivity contribution in [2.45, 2.75) is 46.7 Å². The Balaban J connectivity index is 1.65. The summed E-state index contributed by atoms with van der Waals surface area (Å²) in [6.07, 6.45) is 4.98. The van der Waals surface area contributed by atoms with Crippen LogP contribution in [0.25, 0.3) is 0 Å². The standard InChI is InChI=1S/C15H22ClN5O/c1-11-9-18-20(10-11)8-5-14(22)17-6-4-7-21-13(3)15(16)12(2)19-21/h9-10H,4-8H2,1-3H3,(H,17,22). The van der Waals surface area contributed by atoms with E-state index in [0.717, 1.165) is 34.9 Å². The average Bonchev–Trinajstić information content (AvgIpc) is 3.01. The number of aryl methyl sites for hydroxylation is 4. The van der Waals surface area contributed by atoms with Gasteiger partial charge in [-0.15, -0.1) is 0 Å². The van der Waals surface area contributed by atoms with Gasteiger partial charge in [-0.1, -0.05) is 11.6 Å². The molecule has 1 amide bonds. The molecule has 0 spiro atoms. The zero-order valence-corrected chi connectivity index (χ0v) is 14.0. The molecule has 0 unspecified atom stereocenters. The van der Waals surface area contributed by atoms with E-state index < -0.39 is 0 Å². The molecule has 7 heteroatoms. The fraction of sp³-hybridized carbons (Fsp3) is 0.533. The maximum atomic E-state index is 11.8. The Hall–Kier alpha value is -1.82. The summed E-state index contributed by atoms with van der Waals surface area (Å²) in [6.45, 7) is 7.81. The van der Waals surface area contributed by atoms with Crippen molar-refractivity contribution in [1.82, 2.24) is 24.9 Å². The van der Waals surface area contributed by atoms with Crippen LogP contribution < -0.4 is 5.32 Å². The number of nitrogens with zero attached hydrogens (tertiary/aromatic N) is 4. The molecule has 0 saturated carbocycles. The number of aromatic nitrogens is 4. The van der Waals surface area contributed by atoms with E-state index in [9.17, 15) is 4.79 Å². The van der Waals surface area contributed by atoms with Gasteiger partial charge in [0.05, 0.1) is 22.6 Å². The first-order valence-electron chi connectivity index (χ1n) is 7.42. The molecular formula is C15H22ClN5O. The van der Waals surface area contributed by atoms with Crippen molar-refractivity contribution in [3.05, 3.63) is 34.4 Å². The van der Waals surface area contributed by atoms with E-state index in [4.69, 9.17) is 11.6 Å². The number of halogens is 1. The smallest absolute Gasteiger partial charge is 0.221 e. The minimum absolute atomic E-state index is 0.0413. The van der Waals surface area contributed by atoms with Crippen LogP contribution in [0.3, 0.4) is 0 Å². The zero-order valence-electron chi connectivity index (χ0n) is 13.3. The van der Waals surface area contributed by atoms with Gasteiger partial charge in [0.15, 0.2) is 0 Å². The third-order valence-electron chi connectivity index (χ3n) is 3.49. The number of carbonyl (C=O) groups is 1. The lowest BCUT2D eigenvalue weighted by Crippen LogP contribution is -2.26. The summed E-state index contributed by atoms with van der Waals surface area (Å²) in [6, 6.07) is 0. The van der Waals surface area contributed by atoms with Crippen LogP contribution in [-0.4, -0.2) is 32.0 Å². The molecule has 6 nitrogen and oxygen atoms in total. The van der Waals surface area contributed by atoms with Crippen molar-refractivity contribution in [2.24, 2.45) is 0 Å². The van der Waals surface area contributed by atoms with E-state index in [-0.39, 0.29) is 5.91 Å². The lowest BCUT2D eigenvalue weighted by atomic mass is 10.3. The predicted octanol–water partition coefficient (Wildman–Crippen LogP) is 2.25. The van der Waals surface area contributed by atoms with Crippen molar-refractivity contribution in [2.75, 3.05) is 6.54 Å². The molecule has 22 heavy (non-hydrogen) atoms. The number of amides is 1. The molecular weight excluding hydrogens is 302 g/mol. The quantitative estimate of drug-likeness (QED) is 0.795. The predicted molar refractivity (Wildman–Crippen MR) is 85.9 cm³/mol. The molecule has 2 aromatic rings. The van der Waals surface area contributed by atoms with Crippen molar-refractivity contribution in [3.63, 3.8) is 0 Å².